The van der Waals surface area contributed by atoms with Crippen molar-refractivity contribution >= 4 is 5.82 Å². The molecule has 2 rings (SSSR count). The molecule has 0 amide bonds. The summed E-state index contributed by atoms with van der Waals surface area (Å²) < 4.78 is 6.48. The van der Waals surface area contributed by atoms with Gasteiger partial charge >= 0.3 is 5.69 Å². The molecule has 19 heavy (non-hydrogen) atoms. The fraction of sp³-hybridized carbons (Fsp3) is 0.667. The van der Waals surface area contributed by atoms with E-state index in [9.17, 15) is 9.90 Å². The Morgan fingerprint density at radius 3 is 2.89 bits per heavy atom. The number of aliphatic hydroxyl groups excluding tert-OH is 2. The number of rotatable bonds is 4. The molecule has 0 bridgehead atoms. The lowest BCUT2D eigenvalue weighted by Gasteiger charge is -2.15. The number of hydrogen-bond acceptors (Lipinski definition) is 6. The van der Waals surface area contributed by atoms with Gasteiger partial charge < -0.3 is 20.7 Å². The Hall–Kier alpha value is -1.44. The van der Waals surface area contributed by atoms with Crippen LogP contribution in [0, 0.1) is 5.92 Å². The van der Waals surface area contributed by atoms with E-state index in [1.54, 1.807) is 6.20 Å². The summed E-state index contributed by atoms with van der Waals surface area (Å²) in [7, 11) is 1.54. The molecule has 3 atom stereocenters. The van der Waals surface area contributed by atoms with Gasteiger partial charge in [0.05, 0.1) is 12.7 Å². The number of hydrogen-bond donors (Lipinski definition) is 3. The monoisotopic (exact) mass is 269 g/mol. The highest BCUT2D eigenvalue weighted by molar-refractivity contribution is 5.36. The predicted molar refractivity (Wildman–Crippen MR) is 68.5 cm³/mol. The minimum atomic E-state index is -0.592. The van der Waals surface area contributed by atoms with E-state index in [1.807, 2.05) is 0 Å². The van der Waals surface area contributed by atoms with Gasteiger partial charge in [0, 0.05) is 37.4 Å². The van der Waals surface area contributed by atoms with Crippen molar-refractivity contribution in [2.24, 2.45) is 5.92 Å². The second kappa shape index (κ2) is 5.68. The van der Waals surface area contributed by atoms with Crippen molar-refractivity contribution in [2.75, 3.05) is 19.5 Å². The lowest BCUT2D eigenvalue weighted by Crippen LogP contribution is -2.28. The highest BCUT2D eigenvalue weighted by Gasteiger charge is 2.34. The van der Waals surface area contributed by atoms with E-state index < -0.39 is 11.8 Å². The van der Waals surface area contributed by atoms with Crippen LogP contribution in [0.15, 0.2) is 11.0 Å². The molecule has 1 aromatic heterocycles. The van der Waals surface area contributed by atoms with E-state index in [4.69, 9.17) is 15.6 Å². The summed E-state index contributed by atoms with van der Waals surface area (Å²) in [5, 5.41) is 18.9. The molecule has 7 heteroatoms. The van der Waals surface area contributed by atoms with Gasteiger partial charge in [0.2, 0.25) is 0 Å². The minimum Gasteiger partial charge on any atom is -0.396 e. The molecule has 1 saturated carbocycles. The van der Waals surface area contributed by atoms with Gasteiger partial charge in [-0.25, -0.2) is 4.79 Å². The first-order valence-electron chi connectivity index (χ1n) is 6.22. The summed E-state index contributed by atoms with van der Waals surface area (Å²) >= 11 is 0. The first-order valence-corrected chi connectivity index (χ1v) is 6.22. The molecule has 0 saturated heterocycles. The number of aliphatic hydroxyl groups is 2. The molecule has 1 aromatic rings. The minimum absolute atomic E-state index is 0.0836. The van der Waals surface area contributed by atoms with Crippen LogP contribution in [-0.4, -0.2) is 39.6 Å². The molecule has 0 spiro atoms. The number of methoxy groups -OCH3 is 1. The van der Waals surface area contributed by atoms with Gasteiger partial charge in [-0.15, -0.1) is 0 Å². The van der Waals surface area contributed by atoms with E-state index in [1.165, 1.54) is 11.7 Å². The molecule has 0 radical (unpaired) electrons. The maximum atomic E-state index is 11.9. The summed E-state index contributed by atoms with van der Waals surface area (Å²) in [5.74, 6) is -0.0271. The third kappa shape index (κ3) is 2.78. The Balaban J connectivity index is 2.30. The standard InChI is InChI=1S/C12H19N3O4/c1-19-6-8-4-15(12(18)14-11(8)13)9-2-7(5-16)10(17)3-9/h4,7,9-10,16-17H,2-3,5-6H2,1H3,(H2,13,14,18). The van der Waals surface area contributed by atoms with Crippen LogP contribution in [-0.2, 0) is 11.3 Å². The lowest BCUT2D eigenvalue weighted by atomic mass is 10.1. The molecule has 0 aliphatic heterocycles. The van der Waals surface area contributed by atoms with Crippen molar-refractivity contribution in [3.8, 4) is 0 Å². The molecule has 4 N–H and O–H groups in total. The fourth-order valence-corrected chi connectivity index (χ4v) is 2.55. The maximum absolute atomic E-state index is 11.9. The highest BCUT2D eigenvalue weighted by atomic mass is 16.5. The van der Waals surface area contributed by atoms with Crippen LogP contribution in [0.3, 0.4) is 0 Å². The zero-order valence-corrected chi connectivity index (χ0v) is 10.8. The molecule has 0 aromatic carbocycles. The van der Waals surface area contributed by atoms with Gasteiger partial charge in [-0.1, -0.05) is 0 Å². The molecule has 1 aliphatic carbocycles. The topological polar surface area (TPSA) is 111 Å². The number of nitrogen functional groups attached to an aromatic ring is 1. The quantitative estimate of drug-likeness (QED) is 0.665. The summed E-state index contributed by atoms with van der Waals surface area (Å²) in [4.78, 5) is 15.6. The van der Waals surface area contributed by atoms with Gasteiger partial charge in [-0.05, 0) is 12.8 Å². The average molecular weight is 269 g/mol. The summed E-state index contributed by atoms with van der Waals surface area (Å²) in [5.41, 5.74) is 5.87. The van der Waals surface area contributed by atoms with Crippen LogP contribution in [0.1, 0.15) is 24.4 Å². The summed E-state index contributed by atoms with van der Waals surface area (Å²) in [6.45, 7) is 0.192. The Morgan fingerprint density at radius 1 is 1.58 bits per heavy atom. The number of ether oxygens (including phenoxy) is 1. The number of nitrogens with two attached hydrogens (primary N) is 1. The van der Waals surface area contributed by atoms with Gasteiger partial charge in [0.1, 0.15) is 5.82 Å². The van der Waals surface area contributed by atoms with Gasteiger partial charge in [0.25, 0.3) is 0 Å². The normalized spacial score (nSPS) is 26.8. The SMILES string of the molecule is COCc1cn(C2CC(O)C(CO)C2)c(=O)nc1N. The molecular formula is C12H19N3O4. The zero-order valence-electron chi connectivity index (χ0n) is 10.8. The third-order valence-electron chi connectivity index (χ3n) is 3.62. The smallest absolute Gasteiger partial charge is 0.349 e. The van der Waals surface area contributed by atoms with Crippen molar-refractivity contribution in [2.45, 2.75) is 31.6 Å². The van der Waals surface area contributed by atoms with Crippen LogP contribution >= 0.6 is 0 Å². The van der Waals surface area contributed by atoms with Gasteiger partial charge in [-0.3, -0.25) is 4.57 Å². The van der Waals surface area contributed by atoms with Gasteiger partial charge in [0.15, 0.2) is 0 Å². The highest BCUT2D eigenvalue weighted by Crippen LogP contribution is 2.34. The third-order valence-corrected chi connectivity index (χ3v) is 3.62. The second-order valence-electron chi connectivity index (χ2n) is 4.91. The summed E-state index contributed by atoms with van der Waals surface area (Å²) in [6.07, 6.45) is 2.02. The molecule has 7 nitrogen and oxygen atoms in total. The molecule has 1 heterocycles. The van der Waals surface area contributed by atoms with Crippen molar-refractivity contribution in [3.05, 3.63) is 22.2 Å². The van der Waals surface area contributed by atoms with E-state index in [0.29, 0.717) is 18.4 Å². The molecular weight excluding hydrogens is 250 g/mol. The number of anilines is 1. The van der Waals surface area contributed by atoms with Crippen LogP contribution < -0.4 is 11.4 Å². The summed E-state index contributed by atoms with van der Waals surface area (Å²) in [6, 6.07) is -0.164. The van der Waals surface area contributed by atoms with Crippen molar-refractivity contribution in [3.63, 3.8) is 0 Å². The molecule has 106 valence electrons. The van der Waals surface area contributed by atoms with Crippen molar-refractivity contribution in [1.82, 2.24) is 9.55 Å². The van der Waals surface area contributed by atoms with E-state index in [0.717, 1.165) is 0 Å². The Bertz CT molecular complexity index is 502. The predicted octanol–water partition coefficient (Wildman–Crippen LogP) is -0.724. The average Bonchev–Trinajstić information content (AvgIpc) is 2.74. The first kappa shape index (κ1) is 14.0. The van der Waals surface area contributed by atoms with Crippen molar-refractivity contribution in [1.29, 1.82) is 0 Å². The second-order valence-corrected chi connectivity index (χ2v) is 4.91. The first-order chi connectivity index (χ1) is 9.06. The van der Waals surface area contributed by atoms with Crippen molar-refractivity contribution < 1.29 is 14.9 Å². The van der Waals surface area contributed by atoms with Crippen LogP contribution in [0.5, 0.6) is 0 Å². The maximum Gasteiger partial charge on any atom is 0.349 e. The fourth-order valence-electron chi connectivity index (χ4n) is 2.55. The Morgan fingerprint density at radius 2 is 2.32 bits per heavy atom. The van der Waals surface area contributed by atoms with Crippen LogP contribution in [0.2, 0.25) is 0 Å². The number of nitrogens with zero attached hydrogens (tertiary/aromatic N) is 2. The number of aromatic nitrogens is 2. The van der Waals surface area contributed by atoms with E-state index in [-0.39, 0.29) is 31.0 Å². The molecule has 1 aliphatic rings. The lowest BCUT2D eigenvalue weighted by molar-refractivity contribution is 0.0906. The Kier molecular flexibility index (Phi) is 4.18. The van der Waals surface area contributed by atoms with E-state index in [2.05, 4.69) is 4.98 Å². The van der Waals surface area contributed by atoms with Gasteiger partial charge in [-0.2, -0.15) is 4.98 Å². The van der Waals surface area contributed by atoms with E-state index >= 15 is 0 Å². The largest absolute Gasteiger partial charge is 0.396 e. The van der Waals surface area contributed by atoms with Crippen LogP contribution in [0.4, 0.5) is 5.82 Å². The Labute approximate surface area is 110 Å². The molecule has 3 unspecified atom stereocenters. The molecule has 1 fully saturated rings. The zero-order chi connectivity index (χ0) is 14.0. The van der Waals surface area contributed by atoms with Crippen LogP contribution in [0.25, 0.3) is 0 Å².